The van der Waals surface area contributed by atoms with Crippen LogP contribution in [-0.2, 0) is 4.74 Å². The maximum absolute atomic E-state index is 11.8. The number of ether oxygens (including phenoxy) is 1. The van der Waals surface area contributed by atoms with Crippen LogP contribution in [0.1, 0.15) is 16.1 Å². The van der Waals surface area contributed by atoms with E-state index in [2.05, 4.69) is 15.6 Å². The third-order valence-corrected chi connectivity index (χ3v) is 3.47. The molecular formula is C14H17N3O2S. The van der Waals surface area contributed by atoms with E-state index in [0.29, 0.717) is 10.6 Å². The fourth-order valence-electron chi connectivity index (χ4n) is 1.61. The zero-order valence-corrected chi connectivity index (χ0v) is 12.1. The van der Waals surface area contributed by atoms with E-state index in [-0.39, 0.29) is 5.91 Å². The molecule has 0 aliphatic carbocycles. The SMILES string of the molecule is COCCCNc1ccc(NC(=O)c2cccs2)cn1. The van der Waals surface area contributed by atoms with Gasteiger partial charge in [0.15, 0.2) is 0 Å². The minimum atomic E-state index is -0.109. The smallest absolute Gasteiger partial charge is 0.265 e. The van der Waals surface area contributed by atoms with Crippen LogP contribution in [-0.4, -0.2) is 31.2 Å². The number of nitrogens with one attached hydrogen (secondary N) is 2. The van der Waals surface area contributed by atoms with Crippen LogP contribution in [0.5, 0.6) is 0 Å². The monoisotopic (exact) mass is 291 g/mol. The molecule has 0 saturated carbocycles. The number of thiophene rings is 1. The van der Waals surface area contributed by atoms with E-state index >= 15 is 0 Å². The quantitative estimate of drug-likeness (QED) is 0.770. The van der Waals surface area contributed by atoms with Crippen molar-refractivity contribution < 1.29 is 9.53 Å². The molecule has 0 aliphatic rings. The van der Waals surface area contributed by atoms with Gasteiger partial charge in [0.05, 0.1) is 16.8 Å². The van der Waals surface area contributed by atoms with E-state index in [9.17, 15) is 4.79 Å². The molecule has 0 radical (unpaired) electrons. The van der Waals surface area contributed by atoms with Gasteiger partial charge in [-0.3, -0.25) is 4.79 Å². The normalized spacial score (nSPS) is 10.2. The van der Waals surface area contributed by atoms with Crippen LogP contribution >= 0.6 is 11.3 Å². The molecule has 0 atom stereocenters. The van der Waals surface area contributed by atoms with Crippen molar-refractivity contribution in [3.05, 3.63) is 40.7 Å². The average Bonchev–Trinajstić information content (AvgIpc) is 3.00. The molecule has 0 fully saturated rings. The summed E-state index contributed by atoms with van der Waals surface area (Å²) in [6.07, 6.45) is 2.57. The molecule has 2 aromatic heterocycles. The number of rotatable bonds is 7. The van der Waals surface area contributed by atoms with Crippen molar-refractivity contribution >= 4 is 28.7 Å². The summed E-state index contributed by atoms with van der Waals surface area (Å²) in [5.41, 5.74) is 0.686. The van der Waals surface area contributed by atoms with Gasteiger partial charge in [-0.25, -0.2) is 4.98 Å². The van der Waals surface area contributed by atoms with Crippen molar-refractivity contribution in [1.29, 1.82) is 0 Å². The Morgan fingerprint density at radius 2 is 2.30 bits per heavy atom. The lowest BCUT2D eigenvalue weighted by atomic mass is 10.3. The second-order valence-electron chi connectivity index (χ2n) is 4.14. The lowest BCUT2D eigenvalue weighted by molar-refractivity contribution is 0.103. The molecule has 2 rings (SSSR count). The molecule has 6 heteroatoms. The molecule has 1 amide bonds. The van der Waals surface area contributed by atoms with Crippen molar-refractivity contribution in [2.75, 3.05) is 30.9 Å². The van der Waals surface area contributed by atoms with Gasteiger partial charge in [-0.15, -0.1) is 11.3 Å². The zero-order valence-electron chi connectivity index (χ0n) is 11.3. The van der Waals surface area contributed by atoms with Crippen LogP contribution in [0.4, 0.5) is 11.5 Å². The maximum Gasteiger partial charge on any atom is 0.265 e. The van der Waals surface area contributed by atoms with E-state index < -0.39 is 0 Å². The number of methoxy groups -OCH3 is 1. The second-order valence-corrected chi connectivity index (χ2v) is 5.08. The molecule has 20 heavy (non-hydrogen) atoms. The Morgan fingerprint density at radius 3 is 2.95 bits per heavy atom. The highest BCUT2D eigenvalue weighted by Crippen LogP contribution is 2.14. The van der Waals surface area contributed by atoms with E-state index in [1.807, 2.05) is 23.6 Å². The molecule has 0 aliphatic heterocycles. The fourth-order valence-corrected chi connectivity index (χ4v) is 2.22. The molecule has 2 aromatic rings. The first kappa shape index (κ1) is 14.5. The van der Waals surface area contributed by atoms with Gasteiger partial charge >= 0.3 is 0 Å². The van der Waals surface area contributed by atoms with Crippen LogP contribution in [0.25, 0.3) is 0 Å². The van der Waals surface area contributed by atoms with E-state index in [4.69, 9.17) is 4.74 Å². The number of pyridine rings is 1. The van der Waals surface area contributed by atoms with Gasteiger partial charge in [0.2, 0.25) is 0 Å². The van der Waals surface area contributed by atoms with Crippen LogP contribution in [0.2, 0.25) is 0 Å². The van der Waals surface area contributed by atoms with Crippen LogP contribution < -0.4 is 10.6 Å². The Morgan fingerprint density at radius 1 is 1.40 bits per heavy atom. The molecule has 0 unspecified atom stereocenters. The first-order chi connectivity index (χ1) is 9.79. The Hall–Kier alpha value is -1.92. The van der Waals surface area contributed by atoms with Crippen molar-refractivity contribution in [3.8, 4) is 0 Å². The molecular weight excluding hydrogens is 274 g/mol. The Kier molecular flexibility index (Phi) is 5.52. The van der Waals surface area contributed by atoms with Crippen LogP contribution in [0, 0.1) is 0 Å². The first-order valence-electron chi connectivity index (χ1n) is 6.33. The highest BCUT2D eigenvalue weighted by Gasteiger charge is 2.06. The average molecular weight is 291 g/mol. The largest absolute Gasteiger partial charge is 0.385 e. The van der Waals surface area contributed by atoms with Crippen molar-refractivity contribution in [3.63, 3.8) is 0 Å². The number of anilines is 2. The molecule has 0 bridgehead atoms. The number of amides is 1. The van der Waals surface area contributed by atoms with Gasteiger partial charge in [-0.05, 0) is 30.0 Å². The maximum atomic E-state index is 11.8. The van der Waals surface area contributed by atoms with Crippen molar-refractivity contribution in [1.82, 2.24) is 4.98 Å². The molecule has 5 nitrogen and oxygen atoms in total. The highest BCUT2D eigenvalue weighted by molar-refractivity contribution is 7.12. The van der Waals surface area contributed by atoms with Crippen LogP contribution in [0.3, 0.4) is 0 Å². The molecule has 2 N–H and O–H groups in total. The number of carbonyl (C=O) groups is 1. The molecule has 106 valence electrons. The van der Waals surface area contributed by atoms with Gasteiger partial charge in [0.25, 0.3) is 5.91 Å². The van der Waals surface area contributed by atoms with E-state index in [0.717, 1.165) is 25.4 Å². The van der Waals surface area contributed by atoms with Gasteiger partial charge in [0.1, 0.15) is 5.82 Å². The minimum Gasteiger partial charge on any atom is -0.385 e. The number of nitrogens with zero attached hydrogens (tertiary/aromatic N) is 1. The summed E-state index contributed by atoms with van der Waals surface area (Å²) < 4.78 is 4.97. The van der Waals surface area contributed by atoms with Crippen molar-refractivity contribution in [2.24, 2.45) is 0 Å². The lowest BCUT2D eigenvalue weighted by Crippen LogP contribution is -2.11. The summed E-state index contributed by atoms with van der Waals surface area (Å²) in [7, 11) is 1.68. The summed E-state index contributed by atoms with van der Waals surface area (Å²) in [4.78, 5) is 16.8. The van der Waals surface area contributed by atoms with Gasteiger partial charge < -0.3 is 15.4 Å². The van der Waals surface area contributed by atoms with Crippen LogP contribution in [0.15, 0.2) is 35.8 Å². The minimum absolute atomic E-state index is 0.109. The fraction of sp³-hybridized carbons (Fsp3) is 0.286. The van der Waals surface area contributed by atoms with Gasteiger partial charge in [0, 0.05) is 20.3 Å². The Labute approximate surface area is 122 Å². The summed E-state index contributed by atoms with van der Waals surface area (Å²) in [6, 6.07) is 7.32. The molecule has 0 spiro atoms. The third-order valence-electron chi connectivity index (χ3n) is 2.60. The summed E-state index contributed by atoms with van der Waals surface area (Å²) in [5, 5.41) is 7.87. The number of aromatic nitrogens is 1. The van der Waals surface area contributed by atoms with Gasteiger partial charge in [-0.2, -0.15) is 0 Å². The Bertz CT molecular complexity index is 526. The van der Waals surface area contributed by atoms with Crippen molar-refractivity contribution in [2.45, 2.75) is 6.42 Å². The topological polar surface area (TPSA) is 63.2 Å². The highest BCUT2D eigenvalue weighted by atomic mass is 32.1. The molecule has 0 aromatic carbocycles. The Balaban J connectivity index is 1.83. The zero-order chi connectivity index (χ0) is 14.2. The van der Waals surface area contributed by atoms with E-state index in [1.165, 1.54) is 11.3 Å². The molecule has 2 heterocycles. The predicted octanol–water partition coefficient (Wildman–Crippen LogP) is 2.84. The second kappa shape index (κ2) is 7.62. The standard InChI is InChI=1S/C14H17N3O2S/c1-19-8-3-7-15-13-6-5-11(10-16-13)17-14(18)12-4-2-9-20-12/h2,4-6,9-10H,3,7-8H2,1H3,(H,15,16)(H,17,18). The number of carbonyl (C=O) groups excluding carboxylic acids is 1. The lowest BCUT2D eigenvalue weighted by Gasteiger charge is -2.07. The van der Waals surface area contributed by atoms with Gasteiger partial charge in [-0.1, -0.05) is 6.07 Å². The first-order valence-corrected chi connectivity index (χ1v) is 7.21. The number of hydrogen-bond donors (Lipinski definition) is 2. The number of hydrogen-bond acceptors (Lipinski definition) is 5. The summed E-state index contributed by atoms with van der Waals surface area (Å²) in [6.45, 7) is 1.53. The predicted molar refractivity (Wildman–Crippen MR) is 81.5 cm³/mol. The summed E-state index contributed by atoms with van der Waals surface area (Å²) >= 11 is 1.41. The summed E-state index contributed by atoms with van der Waals surface area (Å²) in [5.74, 6) is 0.679. The van der Waals surface area contributed by atoms with E-state index in [1.54, 1.807) is 19.4 Å². The third kappa shape index (κ3) is 4.32. The molecule has 0 saturated heterocycles.